The molecule has 0 radical (unpaired) electrons. The lowest BCUT2D eigenvalue weighted by Gasteiger charge is -2.14. The van der Waals surface area contributed by atoms with Crippen molar-refractivity contribution in [3.05, 3.63) is 77.4 Å². The van der Waals surface area contributed by atoms with E-state index in [0.29, 0.717) is 28.6 Å². The van der Waals surface area contributed by atoms with Gasteiger partial charge in [0.2, 0.25) is 11.7 Å². The Morgan fingerprint density at radius 2 is 1.46 bits per heavy atom. The molecule has 0 atom stereocenters. The summed E-state index contributed by atoms with van der Waals surface area (Å²) in [5.41, 5.74) is 4.21. The first kappa shape index (κ1) is 25.1. The van der Waals surface area contributed by atoms with Crippen molar-refractivity contribution in [3.63, 3.8) is 0 Å². The molecule has 0 saturated carbocycles. The zero-order chi connectivity index (χ0) is 25.2. The minimum Gasteiger partial charge on any atom is -0.493 e. The molecule has 3 aromatic carbocycles. The van der Waals surface area contributed by atoms with Crippen LogP contribution >= 0.6 is 0 Å². The Morgan fingerprint density at radius 3 is 2.06 bits per heavy atom. The topological polar surface area (TPSA) is 105 Å². The number of benzene rings is 3. The van der Waals surface area contributed by atoms with Crippen LogP contribution in [-0.2, 0) is 11.2 Å². The summed E-state index contributed by atoms with van der Waals surface area (Å²) in [6.07, 6.45) is 1.69. The maximum absolute atomic E-state index is 12.8. The maximum Gasteiger partial charge on any atom is 0.343 e. The normalized spacial score (nSPS) is 10.5. The third kappa shape index (κ3) is 6.50. The average Bonchev–Trinajstić information content (AvgIpc) is 2.88. The van der Waals surface area contributed by atoms with Gasteiger partial charge in [-0.05, 0) is 41.5 Å². The van der Waals surface area contributed by atoms with Crippen LogP contribution in [0.25, 0.3) is 0 Å². The van der Waals surface area contributed by atoms with Gasteiger partial charge < -0.3 is 23.7 Å². The fourth-order valence-corrected chi connectivity index (χ4v) is 3.21. The molecule has 3 rings (SSSR count). The van der Waals surface area contributed by atoms with Gasteiger partial charge in [0.25, 0.3) is 0 Å². The molecule has 182 valence electrons. The van der Waals surface area contributed by atoms with E-state index < -0.39 is 5.97 Å². The fraction of sp³-hybridized carbons (Fsp3) is 0.192. The zero-order valence-corrected chi connectivity index (χ0v) is 19.9. The van der Waals surface area contributed by atoms with E-state index in [1.165, 1.54) is 46.8 Å². The summed E-state index contributed by atoms with van der Waals surface area (Å²) in [5, 5.41) is 3.98. The number of nitrogens with zero attached hydrogens (tertiary/aromatic N) is 1. The van der Waals surface area contributed by atoms with Gasteiger partial charge in [0.1, 0.15) is 0 Å². The third-order valence-electron chi connectivity index (χ3n) is 4.90. The van der Waals surface area contributed by atoms with Crippen LogP contribution in [0.15, 0.2) is 65.8 Å². The summed E-state index contributed by atoms with van der Waals surface area (Å²) in [6.45, 7) is 0. The smallest absolute Gasteiger partial charge is 0.343 e. The highest BCUT2D eigenvalue weighted by atomic mass is 16.6. The molecule has 0 aromatic heterocycles. The van der Waals surface area contributed by atoms with Crippen LogP contribution in [0.3, 0.4) is 0 Å². The summed E-state index contributed by atoms with van der Waals surface area (Å²) in [4.78, 5) is 24.8. The Balaban J connectivity index is 1.70. The fourth-order valence-electron chi connectivity index (χ4n) is 3.21. The molecule has 0 saturated heterocycles. The molecule has 0 aliphatic carbocycles. The molecule has 0 bridgehead atoms. The van der Waals surface area contributed by atoms with Gasteiger partial charge in [-0.1, -0.05) is 30.3 Å². The number of esters is 1. The number of hydrogen-bond acceptors (Lipinski definition) is 8. The number of ether oxygens (including phenoxy) is 5. The number of carbonyl (C=O) groups is 2. The van der Waals surface area contributed by atoms with E-state index in [2.05, 4.69) is 10.5 Å². The predicted octanol–water partition coefficient (Wildman–Crippen LogP) is 3.63. The second-order valence-corrected chi connectivity index (χ2v) is 7.17. The molecule has 35 heavy (non-hydrogen) atoms. The number of hydrogen-bond donors (Lipinski definition) is 1. The van der Waals surface area contributed by atoms with E-state index in [0.717, 1.165) is 5.56 Å². The lowest BCUT2D eigenvalue weighted by molar-refractivity contribution is -0.120. The molecular weight excluding hydrogens is 452 g/mol. The molecule has 1 N–H and O–H groups in total. The number of carbonyl (C=O) groups excluding carboxylic acids is 2. The van der Waals surface area contributed by atoms with Crippen molar-refractivity contribution in [1.82, 2.24) is 5.43 Å². The highest BCUT2D eigenvalue weighted by molar-refractivity contribution is 5.93. The summed E-state index contributed by atoms with van der Waals surface area (Å²) in [5.74, 6) is 0.649. The van der Waals surface area contributed by atoms with E-state index in [4.69, 9.17) is 23.7 Å². The lowest BCUT2D eigenvalue weighted by atomic mass is 10.1. The number of nitrogens with one attached hydrogen (secondary N) is 1. The van der Waals surface area contributed by atoms with Gasteiger partial charge in [0.15, 0.2) is 23.0 Å². The molecule has 0 unspecified atom stereocenters. The number of rotatable bonds is 10. The standard InChI is InChI=1S/C26H26N2O7/c1-31-21-12-18(16-27-28-24(29)13-17-8-6-5-7-9-17)10-11-20(21)35-26(30)19-14-22(32-2)25(34-4)23(15-19)33-3/h5-12,14-16H,13H2,1-4H3,(H,28,29)/b27-16-. The number of methoxy groups -OCH3 is 4. The van der Waals surface area contributed by atoms with Crippen LogP contribution in [0.1, 0.15) is 21.5 Å². The second kappa shape index (κ2) is 12.1. The van der Waals surface area contributed by atoms with Gasteiger partial charge in [-0.2, -0.15) is 5.10 Å². The largest absolute Gasteiger partial charge is 0.493 e. The lowest BCUT2D eigenvalue weighted by Crippen LogP contribution is -2.19. The molecule has 9 heteroatoms. The summed E-state index contributed by atoms with van der Waals surface area (Å²) in [7, 11) is 5.84. The van der Waals surface area contributed by atoms with Crippen molar-refractivity contribution < 1.29 is 33.3 Å². The van der Waals surface area contributed by atoms with Crippen LogP contribution in [0.2, 0.25) is 0 Å². The quantitative estimate of drug-likeness (QED) is 0.205. The van der Waals surface area contributed by atoms with Crippen molar-refractivity contribution in [1.29, 1.82) is 0 Å². The molecule has 0 fully saturated rings. The van der Waals surface area contributed by atoms with Crippen molar-refractivity contribution in [3.8, 4) is 28.7 Å². The van der Waals surface area contributed by atoms with E-state index >= 15 is 0 Å². The summed E-state index contributed by atoms with van der Waals surface area (Å²) >= 11 is 0. The Kier molecular flexibility index (Phi) is 8.66. The minimum atomic E-state index is -0.642. The van der Waals surface area contributed by atoms with Crippen LogP contribution < -0.4 is 29.1 Å². The van der Waals surface area contributed by atoms with E-state index in [-0.39, 0.29) is 23.6 Å². The van der Waals surface area contributed by atoms with Crippen LogP contribution in [-0.4, -0.2) is 46.5 Å². The predicted molar refractivity (Wildman–Crippen MR) is 130 cm³/mol. The number of amides is 1. The first-order chi connectivity index (χ1) is 17.0. The SMILES string of the molecule is COc1cc(/C=N\NC(=O)Cc2ccccc2)ccc1OC(=O)c1cc(OC)c(OC)c(OC)c1. The molecular formula is C26H26N2O7. The Morgan fingerprint density at radius 1 is 0.800 bits per heavy atom. The van der Waals surface area contributed by atoms with Crippen molar-refractivity contribution >= 4 is 18.1 Å². The average molecular weight is 479 g/mol. The highest BCUT2D eigenvalue weighted by Crippen LogP contribution is 2.38. The van der Waals surface area contributed by atoms with Gasteiger partial charge >= 0.3 is 5.97 Å². The van der Waals surface area contributed by atoms with Gasteiger partial charge in [-0.3, -0.25) is 4.79 Å². The first-order valence-electron chi connectivity index (χ1n) is 10.5. The van der Waals surface area contributed by atoms with E-state index in [9.17, 15) is 9.59 Å². The molecule has 9 nitrogen and oxygen atoms in total. The Bertz CT molecular complexity index is 1180. The minimum absolute atomic E-state index is 0.202. The molecule has 0 aliphatic rings. The summed E-state index contributed by atoms with van der Waals surface area (Å²) < 4.78 is 26.7. The van der Waals surface area contributed by atoms with Gasteiger partial charge in [-0.15, -0.1) is 0 Å². The zero-order valence-electron chi connectivity index (χ0n) is 19.9. The molecule has 3 aromatic rings. The second-order valence-electron chi connectivity index (χ2n) is 7.17. The van der Waals surface area contributed by atoms with Gasteiger partial charge in [-0.25, -0.2) is 10.2 Å². The van der Waals surface area contributed by atoms with Crippen molar-refractivity contribution in [2.45, 2.75) is 6.42 Å². The first-order valence-corrected chi connectivity index (χ1v) is 10.5. The molecule has 0 spiro atoms. The van der Waals surface area contributed by atoms with Crippen LogP contribution in [0.5, 0.6) is 28.7 Å². The van der Waals surface area contributed by atoms with E-state index in [1.807, 2.05) is 30.3 Å². The van der Waals surface area contributed by atoms with Crippen molar-refractivity contribution in [2.24, 2.45) is 5.10 Å². The Labute approximate surface area is 203 Å². The van der Waals surface area contributed by atoms with Gasteiger partial charge in [0.05, 0.1) is 46.6 Å². The van der Waals surface area contributed by atoms with Gasteiger partial charge in [0, 0.05) is 0 Å². The van der Waals surface area contributed by atoms with Crippen LogP contribution in [0.4, 0.5) is 0 Å². The monoisotopic (exact) mass is 478 g/mol. The van der Waals surface area contributed by atoms with Crippen LogP contribution in [0, 0.1) is 0 Å². The van der Waals surface area contributed by atoms with E-state index in [1.54, 1.807) is 18.2 Å². The van der Waals surface area contributed by atoms with Crippen molar-refractivity contribution in [2.75, 3.05) is 28.4 Å². The molecule has 0 heterocycles. The maximum atomic E-state index is 12.8. The molecule has 1 amide bonds. The highest BCUT2D eigenvalue weighted by Gasteiger charge is 2.19. The Hall–Kier alpha value is -4.53. The third-order valence-corrected chi connectivity index (χ3v) is 4.90. The number of hydrazone groups is 1. The molecule has 0 aliphatic heterocycles. The summed E-state index contributed by atoms with van der Waals surface area (Å²) in [6, 6.07) is 17.2.